The van der Waals surface area contributed by atoms with Crippen LogP contribution in [0.2, 0.25) is 5.02 Å². The first-order valence-corrected chi connectivity index (χ1v) is 8.07. The molecule has 25 heavy (non-hydrogen) atoms. The highest BCUT2D eigenvalue weighted by Gasteiger charge is 2.29. The Bertz CT molecular complexity index is 834. The monoisotopic (exact) mass is 378 g/mol. The maximum atomic E-state index is 7.34. The van der Waals surface area contributed by atoms with Gasteiger partial charge in [-0.2, -0.15) is 15.3 Å². The van der Waals surface area contributed by atoms with Crippen LogP contribution in [-0.4, -0.2) is 21.9 Å². The van der Waals surface area contributed by atoms with E-state index < -0.39 is 0 Å². The molecule has 6 nitrogen and oxygen atoms in total. The summed E-state index contributed by atoms with van der Waals surface area (Å²) in [5, 5.41) is 20.8. The summed E-state index contributed by atoms with van der Waals surface area (Å²) in [5.74, 6) is -0.0343. The minimum absolute atomic E-state index is 0. The van der Waals surface area contributed by atoms with Crippen LogP contribution in [0.1, 0.15) is 40.3 Å². The van der Waals surface area contributed by atoms with Gasteiger partial charge in [-0.05, 0) is 49.8 Å². The van der Waals surface area contributed by atoms with E-state index >= 15 is 0 Å². The normalized spacial score (nSPS) is 17.6. The first kappa shape index (κ1) is 19.1. The largest absolute Gasteiger partial charge is 0.369 e. The molecule has 0 radical (unpaired) electrons. The number of nitrogens with zero attached hydrogens (tertiary/aromatic N) is 3. The Kier molecular flexibility index (Phi) is 5.98. The van der Waals surface area contributed by atoms with Crippen molar-refractivity contribution < 1.29 is 0 Å². The average molecular weight is 379 g/mol. The number of hydrazone groups is 1. The molecule has 0 saturated heterocycles. The minimum Gasteiger partial charge on any atom is -0.369 e. The molecule has 0 amide bonds. The van der Waals surface area contributed by atoms with Crippen LogP contribution in [-0.2, 0) is 6.42 Å². The number of rotatable bonds is 2. The van der Waals surface area contributed by atoms with Crippen LogP contribution in [0, 0.1) is 19.3 Å². The van der Waals surface area contributed by atoms with Gasteiger partial charge in [-0.3, -0.25) is 5.41 Å². The van der Waals surface area contributed by atoms with E-state index in [2.05, 4.69) is 26.8 Å². The lowest BCUT2D eigenvalue weighted by molar-refractivity contribution is 0.663. The Labute approximate surface area is 157 Å². The first-order chi connectivity index (χ1) is 11.5. The number of benzene rings is 1. The van der Waals surface area contributed by atoms with Gasteiger partial charge in [0.15, 0.2) is 0 Å². The summed E-state index contributed by atoms with van der Waals surface area (Å²) in [6.45, 7) is 4.03. The number of aryl methyl sites for hydroxylation is 2. The SMILES string of the molecule is Cc1ccc(Cl)c(C2C/C(=N\NC(=N)N)c3c(C)cnnc3C2)c1.Cl. The maximum Gasteiger partial charge on any atom is 0.206 e. The number of nitrogens with two attached hydrogens (primary N) is 1. The van der Waals surface area contributed by atoms with Crippen molar-refractivity contribution >= 4 is 35.7 Å². The van der Waals surface area contributed by atoms with Gasteiger partial charge in [0.2, 0.25) is 5.96 Å². The third-order valence-corrected chi connectivity index (χ3v) is 4.53. The zero-order chi connectivity index (χ0) is 17.3. The standard InChI is InChI=1S/C17H19ClN6.ClH/c1-9-3-4-13(18)12(5-9)11-6-14-16(10(2)8-21-22-14)15(7-11)23-24-17(19)20;/h3-5,8,11H,6-7H2,1-2H3,(H4,19,20,24);1H/b23-15+;. The molecule has 1 atom stereocenters. The van der Waals surface area contributed by atoms with E-state index in [-0.39, 0.29) is 24.3 Å². The van der Waals surface area contributed by atoms with Crippen LogP contribution in [0.25, 0.3) is 0 Å². The van der Waals surface area contributed by atoms with Crippen molar-refractivity contribution in [2.24, 2.45) is 10.8 Å². The average Bonchev–Trinajstić information content (AvgIpc) is 2.54. The predicted molar refractivity (Wildman–Crippen MR) is 103 cm³/mol. The molecule has 3 rings (SSSR count). The highest BCUT2D eigenvalue weighted by Crippen LogP contribution is 2.36. The zero-order valence-corrected chi connectivity index (χ0v) is 15.6. The van der Waals surface area contributed by atoms with Crippen molar-refractivity contribution in [3.8, 4) is 0 Å². The third-order valence-electron chi connectivity index (χ3n) is 4.18. The van der Waals surface area contributed by atoms with E-state index in [0.717, 1.165) is 45.1 Å². The number of nitrogens with one attached hydrogen (secondary N) is 2. The molecule has 1 aliphatic rings. The fourth-order valence-electron chi connectivity index (χ4n) is 3.13. The van der Waals surface area contributed by atoms with Gasteiger partial charge in [-0.1, -0.05) is 29.3 Å². The molecule has 0 spiro atoms. The molecule has 1 unspecified atom stereocenters. The molecule has 1 aromatic carbocycles. The second kappa shape index (κ2) is 7.80. The van der Waals surface area contributed by atoms with Gasteiger partial charge in [-0.15, -0.1) is 12.4 Å². The molecule has 0 aliphatic heterocycles. The lowest BCUT2D eigenvalue weighted by Gasteiger charge is -2.27. The van der Waals surface area contributed by atoms with Crippen molar-refractivity contribution in [1.29, 1.82) is 5.41 Å². The van der Waals surface area contributed by atoms with Gasteiger partial charge in [0, 0.05) is 10.6 Å². The summed E-state index contributed by atoms with van der Waals surface area (Å²) in [6.07, 6.45) is 3.18. The molecular formula is C17H20Cl2N6. The van der Waals surface area contributed by atoms with Crippen molar-refractivity contribution in [3.63, 3.8) is 0 Å². The van der Waals surface area contributed by atoms with Crippen molar-refractivity contribution in [3.05, 3.63) is 57.4 Å². The van der Waals surface area contributed by atoms with Gasteiger partial charge in [0.25, 0.3) is 0 Å². The van der Waals surface area contributed by atoms with Gasteiger partial charge >= 0.3 is 0 Å². The summed E-state index contributed by atoms with van der Waals surface area (Å²) in [6, 6.07) is 6.03. The Hall–Kier alpha value is -2.18. The van der Waals surface area contributed by atoms with Crippen LogP contribution in [0.15, 0.2) is 29.5 Å². The number of aromatic nitrogens is 2. The van der Waals surface area contributed by atoms with E-state index in [1.165, 1.54) is 0 Å². The van der Waals surface area contributed by atoms with Crippen LogP contribution < -0.4 is 11.2 Å². The van der Waals surface area contributed by atoms with E-state index in [0.29, 0.717) is 6.42 Å². The fraction of sp³-hybridized carbons (Fsp3) is 0.294. The molecular weight excluding hydrogens is 359 g/mol. The lowest BCUT2D eigenvalue weighted by atomic mass is 9.80. The van der Waals surface area contributed by atoms with Crippen molar-refractivity contribution in [2.45, 2.75) is 32.6 Å². The summed E-state index contributed by atoms with van der Waals surface area (Å²) in [4.78, 5) is 0. The smallest absolute Gasteiger partial charge is 0.206 e. The third kappa shape index (κ3) is 4.08. The molecule has 0 bridgehead atoms. The second-order valence-corrected chi connectivity index (χ2v) is 6.47. The van der Waals surface area contributed by atoms with E-state index in [1.54, 1.807) is 6.20 Å². The van der Waals surface area contributed by atoms with Gasteiger partial charge < -0.3 is 5.73 Å². The van der Waals surface area contributed by atoms with Crippen LogP contribution in [0.4, 0.5) is 0 Å². The Morgan fingerprint density at radius 2 is 2.12 bits per heavy atom. The second-order valence-electron chi connectivity index (χ2n) is 6.06. The lowest BCUT2D eigenvalue weighted by Crippen LogP contribution is -2.30. The van der Waals surface area contributed by atoms with Crippen LogP contribution >= 0.6 is 24.0 Å². The predicted octanol–water partition coefficient (Wildman–Crippen LogP) is 3.09. The number of fused-ring (bicyclic) bond motifs is 1. The zero-order valence-electron chi connectivity index (χ0n) is 14.0. The number of guanidine groups is 1. The number of hydrogen-bond acceptors (Lipinski definition) is 4. The summed E-state index contributed by atoms with van der Waals surface area (Å²) < 4.78 is 0. The van der Waals surface area contributed by atoms with E-state index in [9.17, 15) is 0 Å². The van der Waals surface area contributed by atoms with E-state index in [1.807, 2.05) is 26.0 Å². The van der Waals surface area contributed by atoms with Gasteiger partial charge in [0.1, 0.15) is 0 Å². The van der Waals surface area contributed by atoms with Crippen molar-refractivity contribution in [1.82, 2.24) is 15.6 Å². The molecule has 1 aliphatic carbocycles. The van der Waals surface area contributed by atoms with Gasteiger partial charge in [-0.25, -0.2) is 5.43 Å². The maximum absolute atomic E-state index is 7.34. The Balaban J connectivity index is 0.00000225. The highest BCUT2D eigenvalue weighted by molar-refractivity contribution is 6.31. The van der Waals surface area contributed by atoms with Crippen molar-refractivity contribution in [2.75, 3.05) is 0 Å². The summed E-state index contributed by atoms with van der Waals surface area (Å²) >= 11 is 6.42. The minimum atomic E-state index is -0.195. The van der Waals surface area contributed by atoms with Crippen LogP contribution in [0.5, 0.6) is 0 Å². The summed E-state index contributed by atoms with van der Waals surface area (Å²) in [7, 11) is 0. The quantitative estimate of drug-likeness (QED) is 0.424. The summed E-state index contributed by atoms with van der Waals surface area (Å²) in [5.41, 5.74) is 13.9. The fourth-order valence-corrected chi connectivity index (χ4v) is 3.40. The van der Waals surface area contributed by atoms with Crippen LogP contribution in [0.3, 0.4) is 0 Å². The highest BCUT2D eigenvalue weighted by atomic mass is 35.5. The topological polar surface area (TPSA) is 100 Å². The number of halogens is 2. The first-order valence-electron chi connectivity index (χ1n) is 7.70. The molecule has 1 aromatic heterocycles. The Morgan fingerprint density at radius 1 is 1.36 bits per heavy atom. The molecule has 2 aromatic rings. The molecule has 0 fully saturated rings. The molecule has 8 heteroatoms. The molecule has 0 saturated carbocycles. The van der Waals surface area contributed by atoms with E-state index in [4.69, 9.17) is 22.7 Å². The molecule has 4 N–H and O–H groups in total. The Morgan fingerprint density at radius 3 is 2.84 bits per heavy atom. The van der Waals surface area contributed by atoms with Gasteiger partial charge in [0.05, 0.1) is 17.6 Å². The molecule has 132 valence electrons. The number of hydrogen-bond donors (Lipinski definition) is 3. The molecule has 1 heterocycles.